The van der Waals surface area contributed by atoms with Gasteiger partial charge >= 0.3 is 12.3 Å². The van der Waals surface area contributed by atoms with Gasteiger partial charge in [0.05, 0.1) is 24.0 Å². The molecule has 0 aromatic heterocycles. The van der Waals surface area contributed by atoms with Gasteiger partial charge in [-0.1, -0.05) is 18.2 Å². The third-order valence-corrected chi connectivity index (χ3v) is 3.25. The van der Waals surface area contributed by atoms with Crippen LogP contribution in [0.4, 0.5) is 35.0 Å². The molecular weight excluding hydrogens is 309 g/mol. The van der Waals surface area contributed by atoms with Gasteiger partial charge in [-0.3, -0.25) is 5.32 Å². The third-order valence-electron chi connectivity index (χ3n) is 3.25. The predicted molar refractivity (Wildman–Crippen MR) is 82.0 cm³/mol. The van der Waals surface area contributed by atoms with E-state index in [0.717, 1.165) is 24.9 Å². The van der Waals surface area contributed by atoms with Crippen molar-refractivity contribution in [2.75, 3.05) is 24.4 Å². The highest BCUT2D eigenvalue weighted by molar-refractivity contribution is 5.91. The summed E-state index contributed by atoms with van der Waals surface area (Å²) in [6.07, 6.45) is -5.34. The molecule has 2 rings (SSSR count). The molecule has 0 heterocycles. The molecule has 7 heteroatoms. The molecule has 0 bridgehead atoms. The number of anilines is 3. The van der Waals surface area contributed by atoms with E-state index >= 15 is 0 Å². The molecule has 2 aromatic carbocycles. The molecule has 4 nitrogen and oxygen atoms in total. The maximum absolute atomic E-state index is 12.9. The normalized spacial score (nSPS) is 11.0. The van der Waals surface area contributed by atoms with E-state index in [9.17, 15) is 18.0 Å². The number of nitrogens with one attached hydrogen (secondary N) is 1. The van der Waals surface area contributed by atoms with Crippen LogP contribution in [0, 0.1) is 0 Å². The van der Waals surface area contributed by atoms with E-state index in [1.165, 1.54) is 6.07 Å². The number of hydrogen-bond acceptors (Lipinski definition) is 3. The fraction of sp³-hybridized carbons (Fsp3) is 0.188. The maximum atomic E-state index is 12.9. The predicted octanol–water partition coefficient (Wildman–Crippen LogP) is 4.65. The van der Waals surface area contributed by atoms with Crippen LogP contribution in [0.15, 0.2) is 48.5 Å². The van der Waals surface area contributed by atoms with Gasteiger partial charge in [0.25, 0.3) is 0 Å². The molecule has 0 unspecified atom stereocenters. The van der Waals surface area contributed by atoms with Gasteiger partial charge in [-0.05, 0) is 30.3 Å². The molecule has 1 N–H and O–H groups in total. The molecule has 2 aromatic rings. The number of carbonyl (C=O) groups is 1. The largest absolute Gasteiger partial charge is 0.453 e. The van der Waals surface area contributed by atoms with Crippen LogP contribution in [0.25, 0.3) is 0 Å². The summed E-state index contributed by atoms with van der Waals surface area (Å²) in [5.74, 6) is 0. The first-order chi connectivity index (χ1) is 10.8. The lowest BCUT2D eigenvalue weighted by atomic mass is 10.1. The molecule has 0 aliphatic rings. The number of rotatable bonds is 3. The van der Waals surface area contributed by atoms with E-state index in [1.807, 2.05) is 18.2 Å². The fourth-order valence-electron chi connectivity index (χ4n) is 2.06. The molecule has 122 valence electrons. The maximum Gasteiger partial charge on any atom is 0.416 e. The van der Waals surface area contributed by atoms with Gasteiger partial charge in [-0.2, -0.15) is 13.2 Å². The molecule has 0 spiro atoms. The topological polar surface area (TPSA) is 41.6 Å². The molecule has 0 atom stereocenters. The SMILES string of the molecule is COC(=O)Nc1cc(C(F)(F)F)ccc1N(C)c1ccccc1. The Morgan fingerprint density at radius 3 is 2.35 bits per heavy atom. The number of methoxy groups -OCH3 is 1. The second kappa shape index (κ2) is 6.60. The van der Waals surface area contributed by atoms with Gasteiger partial charge in [0.2, 0.25) is 0 Å². The molecule has 0 saturated heterocycles. The van der Waals surface area contributed by atoms with E-state index in [2.05, 4.69) is 10.1 Å². The number of ether oxygens (including phenoxy) is 1. The van der Waals surface area contributed by atoms with Gasteiger partial charge < -0.3 is 9.64 Å². The van der Waals surface area contributed by atoms with E-state index in [0.29, 0.717) is 5.69 Å². The van der Waals surface area contributed by atoms with Crippen molar-refractivity contribution in [3.05, 3.63) is 54.1 Å². The van der Waals surface area contributed by atoms with E-state index in [4.69, 9.17) is 0 Å². The first-order valence-electron chi connectivity index (χ1n) is 6.68. The first kappa shape index (κ1) is 16.7. The van der Waals surface area contributed by atoms with Crippen LogP contribution in [0.3, 0.4) is 0 Å². The van der Waals surface area contributed by atoms with Gasteiger partial charge in [0, 0.05) is 12.7 Å². The van der Waals surface area contributed by atoms with Gasteiger partial charge in [0.1, 0.15) is 0 Å². The Bertz CT molecular complexity index is 687. The Morgan fingerprint density at radius 1 is 1.13 bits per heavy atom. The van der Waals surface area contributed by atoms with Crippen molar-refractivity contribution < 1.29 is 22.7 Å². The van der Waals surface area contributed by atoms with Crippen LogP contribution in [0.2, 0.25) is 0 Å². The van der Waals surface area contributed by atoms with Crippen LogP contribution < -0.4 is 10.2 Å². The van der Waals surface area contributed by atoms with Crippen molar-refractivity contribution in [2.45, 2.75) is 6.18 Å². The summed E-state index contributed by atoms with van der Waals surface area (Å²) in [5.41, 5.74) is 0.335. The highest BCUT2D eigenvalue weighted by Gasteiger charge is 2.31. The number of nitrogens with zero attached hydrogens (tertiary/aromatic N) is 1. The summed E-state index contributed by atoms with van der Waals surface area (Å²) in [5, 5.41) is 2.32. The Hall–Kier alpha value is -2.70. The van der Waals surface area contributed by atoms with E-state index in [-0.39, 0.29) is 5.69 Å². The Balaban J connectivity index is 2.47. The quantitative estimate of drug-likeness (QED) is 0.893. The molecule has 23 heavy (non-hydrogen) atoms. The Labute approximate surface area is 131 Å². The lowest BCUT2D eigenvalue weighted by Crippen LogP contribution is -2.17. The van der Waals surface area contributed by atoms with Gasteiger partial charge in [-0.25, -0.2) is 4.79 Å². The monoisotopic (exact) mass is 324 g/mol. The highest BCUT2D eigenvalue weighted by Crippen LogP contribution is 2.37. The third kappa shape index (κ3) is 3.94. The minimum Gasteiger partial charge on any atom is -0.453 e. The van der Waals surface area contributed by atoms with Gasteiger partial charge in [0.15, 0.2) is 0 Å². The van der Waals surface area contributed by atoms with Crippen molar-refractivity contribution >= 4 is 23.2 Å². The number of para-hydroxylation sites is 1. The second-order valence-corrected chi connectivity index (χ2v) is 4.74. The molecule has 0 radical (unpaired) electrons. The van der Waals surface area contributed by atoms with Crippen molar-refractivity contribution in [3.63, 3.8) is 0 Å². The average molecular weight is 324 g/mol. The molecule has 0 aliphatic heterocycles. The van der Waals surface area contributed by atoms with Crippen LogP contribution >= 0.6 is 0 Å². The number of halogens is 3. The summed E-state index contributed by atoms with van der Waals surface area (Å²) in [6.45, 7) is 0. The van der Waals surface area contributed by atoms with Crippen LogP contribution in [0.5, 0.6) is 0 Å². The number of hydrogen-bond donors (Lipinski definition) is 1. The average Bonchev–Trinajstić information content (AvgIpc) is 2.54. The standard InChI is InChI=1S/C16H15F3N2O2/c1-21(12-6-4-3-5-7-12)14-9-8-11(16(17,18)19)10-13(14)20-15(22)23-2/h3-10H,1-2H3,(H,20,22). The summed E-state index contributed by atoms with van der Waals surface area (Å²) in [6, 6.07) is 12.2. The van der Waals surface area contributed by atoms with Crippen LogP contribution in [-0.2, 0) is 10.9 Å². The van der Waals surface area contributed by atoms with E-state index < -0.39 is 17.8 Å². The minimum atomic E-state index is -4.50. The zero-order chi connectivity index (χ0) is 17.0. The molecule has 0 saturated carbocycles. The van der Waals surface area contributed by atoms with E-state index in [1.54, 1.807) is 24.1 Å². The number of carbonyl (C=O) groups excluding carboxylic acids is 1. The lowest BCUT2D eigenvalue weighted by Gasteiger charge is -2.23. The number of benzene rings is 2. The smallest absolute Gasteiger partial charge is 0.416 e. The Morgan fingerprint density at radius 2 is 1.78 bits per heavy atom. The molecule has 0 aliphatic carbocycles. The molecule has 1 amide bonds. The summed E-state index contributed by atoms with van der Waals surface area (Å²) >= 11 is 0. The van der Waals surface area contributed by atoms with Crippen molar-refractivity contribution in [1.29, 1.82) is 0 Å². The first-order valence-corrected chi connectivity index (χ1v) is 6.68. The minimum absolute atomic E-state index is 0.0121. The van der Waals surface area contributed by atoms with Gasteiger partial charge in [-0.15, -0.1) is 0 Å². The summed E-state index contributed by atoms with van der Waals surface area (Å²) in [4.78, 5) is 13.1. The zero-order valence-corrected chi connectivity index (χ0v) is 12.5. The van der Waals surface area contributed by atoms with Crippen LogP contribution in [-0.4, -0.2) is 20.3 Å². The second-order valence-electron chi connectivity index (χ2n) is 4.74. The number of amides is 1. The van der Waals surface area contributed by atoms with Crippen molar-refractivity contribution in [2.24, 2.45) is 0 Å². The van der Waals surface area contributed by atoms with Crippen molar-refractivity contribution in [3.8, 4) is 0 Å². The zero-order valence-electron chi connectivity index (χ0n) is 12.5. The lowest BCUT2D eigenvalue weighted by molar-refractivity contribution is -0.137. The van der Waals surface area contributed by atoms with Crippen molar-refractivity contribution in [1.82, 2.24) is 0 Å². The summed E-state index contributed by atoms with van der Waals surface area (Å²) in [7, 11) is 2.84. The van der Waals surface area contributed by atoms with Crippen LogP contribution in [0.1, 0.15) is 5.56 Å². The highest BCUT2D eigenvalue weighted by atomic mass is 19.4. The number of alkyl halides is 3. The summed E-state index contributed by atoms with van der Waals surface area (Å²) < 4.78 is 43.1. The fourth-order valence-corrected chi connectivity index (χ4v) is 2.06. The molecular formula is C16H15F3N2O2. The molecule has 0 fully saturated rings. The Kier molecular flexibility index (Phi) is 4.78.